The van der Waals surface area contributed by atoms with Gasteiger partial charge >= 0.3 is 0 Å². The monoisotopic (exact) mass is 323 g/mol. The zero-order valence-electron chi connectivity index (χ0n) is 14.7. The average Bonchev–Trinajstić information content (AvgIpc) is 2.57. The number of aliphatic hydroxyl groups excluding tert-OH is 1. The van der Waals surface area contributed by atoms with Crippen LogP contribution in [0, 0.1) is 0 Å². The molecule has 1 rings (SSSR count). The van der Waals surface area contributed by atoms with Gasteiger partial charge in [-0.2, -0.15) is 0 Å². The highest BCUT2D eigenvalue weighted by Crippen LogP contribution is 2.16. The molecular formula is C17H29N3O3. The lowest BCUT2D eigenvalue weighted by atomic mass is 10.1. The molecule has 3 N–H and O–H groups in total. The summed E-state index contributed by atoms with van der Waals surface area (Å²) in [6.07, 6.45) is -0.625. The Morgan fingerprint density at radius 3 is 2.39 bits per heavy atom. The number of rotatable bonds is 8. The van der Waals surface area contributed by atoms with E-state index in [2.05, 4.69) is 15.6 Å². The molecule has 0 aromatic heterocycles. The standard InChI is InChI=1S/C17H29N3O3/c1-6-18-16(20-12-17(2,3)23-5)19-11-15(21)13-7-9-14(22-4)10-8-13/h7-10,15,21H,6,11-12H2,1-5H3,(H2,18,19,20). The molecule has 0 fully saturated rings. The van der Waals surface area contributed by atoms with Crippen molar-refractivity contribution in [1.82, 2.24) is 10.6 Å². The molecule has 1 aromatic rings. The van der Waals surface area contributed by atoms with Crippen molar-refractivity contribution in [1.29, 1.82) is 0 Å². The van der Waals surface area contributed by atoms with Gasteiger partial charge in [-0.25, -0.2) is 0 Å². The second-order valence-electron chi connectivity index (χ2n) is 5.83. The Morgan fingerprint density at radius 2 is 1.87 bits per heavy atom. The van der Waals surface area contributed by atoms with Gasteiger partial charge in [-0.05, 0) is 38.5 Å². The summed E-state index contributed by atoms with van der Waals surface area (Å²) in [6.45, 7) is 7.60. The molecule has 0 saturated heterocycles. The highest BCUT2D eigenvalue weighted by Gasteiger charge is 2.16. The molecule has 1 aromatic carbocycles. The quantitative estimate of drug-likeness (QED) is 0.502. The van der Waals surface area contributed by atoms with Gasteiger partial charge in [0.05, 0.1) is 25.4 Å². The Morgan fingerprint density at radius 1 is 1.22 bits per heavy atom. The van der Waals surface area contributed by atoms with Crippen molar-refractivity contribution >= 4 is 5.96 Å². The van der Waals surface area contributed by atoms with E-state index in [-0.39, 0.29) is 5.60 Å². The Hall–Kier alpha value is -1.79. The Labute approximate surface area is 138 Å². The molecule has 0 radical (unpaired) electrons. The maximum absolute atomic E-state index is 10.3. The van der Waals surface area contributed by atoms with Crippen LogP contribution in [0.3, 0.4) is 0 Å². The number of nitrogens with one attached hydrogen (secondary N) is 2. The Bertz CT molecular complexity index is 486. The van der Waals surface area contributed by atoms with Gasteiger partial charge < -0.3 is 25.2 Å². The second-order valence-corrected chi connectivity index (χ2v) is 5.83. The molecule has 130 valence electrons. The molecule has 0 bridgehead atoms. The minimum atomic E-state index is -0.625. The van der Waals surface area contributed by atoms with Gasteiger partial charge in [-0.3, -0.25) is 4.99 Å². The van der Waals surface area contributed by atoms with Gasteiger partial charge in [0.25, 0.3) is 0 Å². The van der Waals surface area contributed by atoms with E-state index in [1.54, 1.807) is 14.2 Å². The molecule has 0 heterocycles. The summed E-state index contributed by atoms with van der Waals surface area (Å²) in [5, 5.41) is 16.6. The van der Waals surface area contributed by atoms with E-state index in [9.17, 15) is 5.11 Å². The van der Waals surface area contributed by atoms with Crippen molar-refractivity contribution in [3.8, 4) is 5.75 Å². The van der Waals surface area contributed by atoms with Crippen LogP contribution in [0.25, 0.3) is 0 Å². The van der Waals surface area contributed by atoms with Crippen LogP contribution >= 0.6 is 0 Å². The van der Waals surface area contributed by atoms with Crippen molar-refractivity contribution < 1.29 is 14.6 Å². The van der Waals surface area contributed by atoms with E-state index in [1.807, 2.05) is 45.0 Å². The molecule has 6 nitrogen and oxygen atoms in total. The summed E-state index contributed by atoms with van der Waals surface area (Å²) in [5.74, 6) is 1.43. The van der Waals surface area contributed by atoms with E-state index in [0.717, 1.165) is 17.9 Å². The van der Waals surface area contributed by atoms with Crippen LogP contribution in [0.15, 0.2) is 29.3 Å². The summed E-state index contributed by atoms with van der Waals surface area (Å²) >= 11 is 0. The number of benzene rings is 1. The maximum Gasteiger partial charge on any atom is 0.191 e. The van der Waals surface area contributed by atoms with Crippen molar-refractivity contribution in [2.45, 2.75) is 32.5 Å². The highest BCUT2D eigenvalue weighted by atomic mass is 16.5. The van der Waals surface area contributed by atoms with E-state index in [0.29, 0.717) is 19.0 Å². The summed E-state index contributed by atoms with van der Waals surface area (Å²) in [7, 11) is 3.29. The topological polar surface area (TPSA) is 75.1 Å². The number of guanidine groups is 1. The number of ether oxygens (including phenoxy) is 2. The van der Waals surface area contributed by atoms with Gasteiger partial charge in [-0.1, -0.05) is 12.1 Å². The van der Waals surface area contributed by atoms with Crippen molar-refractivity contribution in [3.63, 3.8) is 0 Å². The number of hydrogen-bond donors (Lipinski definition) is 3. The van der Waals surface area contributed by atoms with E-state index >= 15 is 0 Å². The minimum absolute atomic E-state index is 0.322. The fourth-order valence-electron chi connectivity index (χ4n) is 1.81. The third-order valence-corrected chi connectivity index (χ3v) is 3.48. The zero-order chi connectivity index (χ0) is 17.3. The Balaban J connectivity index is 2.61. The first-order valence-electron chi connectivity index (χ1n) is 7.81. The van der Waals surface area contributed by atoms with Crippen LogP contribution in [0.2, 0.25) is 0 Å². The SMILES string of the molecule is CCNC(=NCC(C)(C)OC)NCC(O)c1ccc(OC)cc1. The number of methoxy groups -OCH3 is 2. The number of nitrogens with zero attached hydrogens (tertiary/aromatic N) is 1. The maximum atomic E-state index is 10.3. The van der Waals surface area contributed by atoms with Gasteiger partial charge in [0, 0.05) is 20.2 Å². The molecule has 0 aliphatic carbocycles. The second kappa shape index (κ2) is 9.37. The lowest BCUT2D eigenvalue weighted by molar-refractivity contribution is 0.0310. The first-order valence-corrected chi connectivity index (χ1v) is 7.81. The van der Waals surface area contributed by atoms with Gasteiger partial charge in [0.1, 0.15) is 5.75 Å². The van der Waals surface area contributed by atoms with Crippen LogP contribution in [0.4, 0.5) is 0 Å². The first-order chi connectivity index (χ1) is 10.9. The van der Waals surface area contributed by atoms with Crippen molar-refractivity contribution in [2.75, 3.05) is 33.9 Å². The molecule has 0 spiro atoms. The number of aliphatic imine (C=N–C) groups is 1. The van der Waals surface area contributed by atoms with Gasteiger partial charge in [-0.15, -0.1) is 0 Å². The third kappa shape index (κ3) is 6.88. The molecular weight excluding hydrogens is 294 g/mol. The number of hydrogen-bond acceptors (Lipinski definition) is 4. The largest absolute Gasteiger partial charge is 0.497 e. The molecule has 1 atom stereocenters. The van der Waals surface area contributed by atoms with Crippen LogP contribution < -0.4 is 15.4 Å². The summed E-state index contributed by atoms with van der Waals surface area (Å²) < 4.78 is 10.5. The summed E-state index contributed by atoms with van der Waals surface area (Å²) in [5.41, 5.74) is 0.503. The van der Waals surface area contributed by atoms with Gasteiger partial charge in [0.2, 0.25) is 0 Å². The van der Waals surface area contributed by atoms with E-state index < -0.39 is 6.10 Å². The Kier molecular flexibility index (Phi) is 7.85. The predicted molar refractivity (Wildman–Crippen MR) is 93.0 cm³/mol. The normalized spacial score (nSPS) is 13.6. The summed E-state index contributed by atoms with van der Waals surface area (Å²) in [6, 6.07) is 7.37. The number of aliphatic hydroxyl groups is 1. The van der Waals surface area contributed by atoms with Crippen LogP contribution in [0.1, 0.15) is 32.4 Å². The minimum Gasteiger partial charge on any atom is -0.497 e. The molecule has 0 aliphatic heterocycles. The van der Waals surface area contributed by atoms with Crippen LogP contribution in [0.5, 0.6) is 5.75 Å². The third-order valence-electron chi connectivity index (χ3n) is 3.48. The molecule has 0 saturated carbocycles. The van der Waals surface area contributed by atoms with Crippen LogP contribution in [-0.2, 0) is 4.74 Å². The van der Waals surface area contributed by atoms with E-state index in [1.165, 1.54) is 0 Å². The smallest absolute Gasteiger partial charge is 0.191 e. The fourth-order valence-corrected chi connectivity index (χ4v) is 1.81. The summed E-state index contributed by atoms with van der Waals surface area (Å²) in [4.78, 5) is 4.49. The lowest BCUT2D eigenvalue weighted by Crippen LogP contribution is -2.40. The van der Waals surface area contributed by atoms with E-state index in [4.69, 9.17) is 9.47 Å². The van der Waals surface area contributed by atoms with Crippen LogP contribution in [-0.4, -0.2) is 50.5 Å². The lowest BCUT2D eigenvalue weighted by Gasteiger charge is -2.21. The average molecular weight is 323 g/mol. The molecule has 6 heteroatoms. The van der Waals surface area contributed by atoms with Gasteiger partial charge in [0.15, 0.2) is 5.96 Å². The molecule has 1 unspecified atom stereocenters. The molecule has 23 heavy (non-hydrogen) atoms. The molecule has 0 amide bonds. The zero-order valence-corrected chi connectivity index (χ0v) is 14.7. The first kappa shape index (κ1) is 19.3. The predicted octanol–water partition coefficient (Wildman–Crippen LogP) is 1.71. The van der Waals surface area contributed by atoms with Crippen molar-refractivity contribution in [2.24, 2.45) is 4.99 Å². The molecule has 0 aliphatic rings. The van der Waals surface area contributed by atoms with Crippen molar-refractivity contribution in [3.05, 3.63) is 29.8 Å². The highest BCUT2D eigenvalue weighted by molar-refractivity contribution is 5.79. The fraction of sp³-hybridized carbons (Fsp3) is 0.588.